The van der Waals surface area contributed by atoms with Gasteiger partial charge in [0, 0.05) is 10.8 Å². The molecule has 0 atom stereocenters. The van der Waals surface area contributed by atoms with Crippen molar-refractivity contribution >= 4 is 27.6 Å². The van der Waals surface area contributed by atoms with Gasteiger partial charge in [0.25, 0.3) is 0 Å². The highest BCUT2D eigenvalue weighted by Crippen LogP contribution is 2.30. The van der Waals surface area contributed by atoms with Gasteiger partial charge in [0.2, 0.25) is 0 Å². The molecular weight excluding hydrogens is 300 g/mol. The Kier molecular flexibility index (Phi) is 3.07. The van der Waals surface area contributed by atoms with Crippen LogP contribution in [0.15, 0.2) is 66.7 Å². The topological polar surface area (TPSA) is 66.0 Å². The minimum Gasteiger partial charge on any atom is -0.477 e. The van der Waals surface area contributed by atoms with Crippen molar-refractivity contribution in [2.75, 3.05) is 0 Å². The largest absolute Gasteiger partial charge is 0.477 e. The summed E-state index contributed by atoms with van der Waals surface area (Å²) >= 11 is 0. The first-order valence-electron chi connectivity index (χ1n) is 7.46. The van der Waals surface area contributed by atoms with E-state index >= 15 is 0 Å². The van der Waals surface area contributed by atoms with Crippen molar-refractivity contribution in [1.82, 2.24) is 4.57 Å². The highest BCUT2D eigenvalue weighted by molar-refractivity contribution is 5.99. The highest BCUT2D eigenvalue weighted by atomic mass is 16.4. The van der Waals surface area contributed by atoms with Crippen LogP contribution in [0.25, 0.3) is 27.4 Å². The predicted octanol–water partition coefficient (Wildman–Crippen LogP) is 4.35. The van der Waals surface area contributed by atoms with Gasteiger partial charge in [-0.15, -0.1) is 0 Å². The number of aromatic carboxylic acids is 1. The Labute approximate surface area is 137 Å². The number of carboxylic acid groups (broad SMARTS) is 1. The fourth-order valence-electron chi connectivity index (χ4n) is 3.09. The fraction of sp³-hybridized carbons (Fsp3) is 0. The summed E-state index contributed by atoms with van der Waals surface area (Å²) in [6.45, 7) is 0. The maximum absolute atomic E-state index is 11.8. The van der Waals surface area contributed by atoms with Crippen LogP contribution in [0, 0.1) is 11.3 Å². The zero-order valence-corrected chi connectivity index (χ0v) is 12.6. The van der Waals surface area contributed by atoms with E-state index in [1.54, 1.807) is 28.8 Å². The van der Waals surface area contributed by atoms with E-state index in [2.05, 4.69) is 6.07 Å². The first-order valence-corrected chi connectivity index (χ1v) is 7.46. The number of nitriles is 1. The molecule has 1 heterocycles. The van der Waals surface area contributed by atoms with E-state index in [0.29, 0.717) is 11.1 Å². The molecule has 0 spiro atoms. The minimum atomic E-state index is -1.00. The second-order valence-corrected chi connectivity index (χ2v) is 5.55. The lowest BCUT2D eigenvalue weighted by Gasteiger charge is -2.12. The van der Waals surface area contributed by atoms with Gasteiger partial charge in [0.05, 0.1) is 22.8 Å². The molecule has 0 fully saturated rings. The lowest BCUT2D eigenvalue weighted by atomic mass is 10.1. The normalized spacial score (nSPS) is 10.8. The summed E-state index contributed by atoms with van der Waals surface area (Å²) in [5.74, 6) is -1.00. The molecule has 3 aromatic carbocycles. The zero-order valence-electron chi connectivity index (χ0n) is 12.6. The summed E-state index contributed by atoms with van der Waals surface area (Å²) in [6.07, 6.45) is 0. The second-order valence-electron chi connectivity index (χ2n) is 5.55. The average molecular weight is 312 g/mol. The van der Waals surface area contributed by atoms with Crippen LogP contribution < -0.4 is 0 Å². The first kappa shape index (κ1) is 14.0. The van der Waals surface area contributed by atoms with Crippen LogP contribution in [0.1, 0.15) is 16.1 Å². The molecule has 0 bridgehead atoms. The molecular formula is C20H12N2O2. The van der Waals surface area contributed by atoms with Crippen LogP contribution in [0.3, 0.4) is 0 Å². The number of aromatic nitrogens is 1. The summed E-state index contributed by atoms with van der Waals surface area (Å²) in [4.78, 5) is 11.8. The zero-order chi connectivity index (χ0) is 16.7. The number of fused-ring (bicyclic) bond motifs is 2. The van der Waals surface area contributed by atoms with E-state index in [1.165, 1.54) is 0 Å². The van der Waals surface area contributed by atoms with Crippen molar-refractivity contribution in [3.63, 3.8) is 0 Å². The van der Waals surface area contributed by atoms with Gasteiger partial charge in [-0.3, -0.25) is 0 Å². The van der Waals surface area contributed by atoms with Crippen molar-refractivity contribution < 1.29 is 9.90 Å². The Morgan fingerprint density at radius 1 is 0.958 bits per heavy atom. The monoisotopic (exact) mass is 312 g/mol. The summed E-state index contributed by atoms with van der Waals surface area (Å²) < 4.78 is 1.71. The van der Waals surface area contributed by atoms with Crippen molar-refractivity contribution in [3.8, 4) is 11.8 Å². The SMILES string of the molecule is N#Cc1ccc2cc(C(=O)O)n(-c3cccc4ccccc34)c2c1. The van der Waals surface area contributed by atoms with Crippen LogP contribution in [0.4, 0.5) is 0 Å². The molecule has 0 saturated carbocycles. The number of rotatable bonds is 2. The third-order valence-electron chi connectivity index (χ3n) is 4.16. The summed E-state index contributed by atoms with van der Waals surface area (Å²) in [5, 5.41) is 21.6. The predicted molar refractivity (Wildman–Crippen MR) is 92.5 cm³/mol. The smallest absolute Gasteiger partial charge is 0.352 e. The number of carbonyl (C=O) groups is 1. The standard InChI is InChI=1S/C20H12N2O2/c21-12-13-8-9-15-11-19(20(23)24)22(18(15)10-13)17-7-3-5-14-4-1-2-6-16(14)17/h1-11H,(H,23,24). The molecule has 114 valence electrons. The van der Waals surface area contributed by atoms with E-state index < -0.39 is 5.97 Å². The molecule has 4 nitrogen and oxygen atoms in total. The second kappa shape index (κ2) is 5.25. The lowest BCUT2D eigenvalue weighted by Crippen LogP contribution is -2.06. The van der Waals surface area contributed by atoms with Crippen LogP contribution >= 0.6 is 0 Å². The van der Waals surface area contributed by atoms with Gasteiger partial charge in [0.15, 0.2) is 0 Å². The Morgan fingerprint density at radius 3 is 2.54 bits per heavy atom. The van der Waals surface area contributed by atoms with E-state index in [1.807, 2.05) is 42.5 Å². The number of hydrogen-bond donors (Lipinski definition) is 1. The molecule has 4 rings (SSSR count). The molecule has 0 saturated heterocycles. The molecule has 0 aliphatic heterocycles. The number of hydrogen-bond acceptors (Lipinski definition) is 2. The lowest BCUT2D eigenvalue weighted by molar-refractivity contribution is 0.0688. The average Bonchev–Trinajstić information content (AvgIpc) is 3.00. The maximum Gasteiger partial charge on any atom is 0.352 e. The van der Waals surface area contributed by atoms with Crippen LogP contribution in [0.2, 0.25) is 0 Å². The van der Waals surface area contributed by atoms with Crippen LogP contribution in [-0.2, 0) is 0 Å². The molecule has 0 aliphatic carbocycles. The molecule has 0 unspecified atom stereocenters. The molecule has 0 aliphatic rings. The van der Waals surface area contributed by atoms with E-state index in [4.69, 9.17) is 0 Å². The third-order valence-corrected chi connectivity index (χ3v) is 4.16. The molecule has 1 aromatic heterocycles. The molecule has 1 N–H and O–H groups in total. The van der Waals surface area contributed by atoms with Gasteiger partial charge >= 0.3 is 5.97 Å². The van der Waals surface area contributed by atoms with Gasteiger partial charge in [-0.1, -0.05) is 42.5 Å². The van der Waals surface area contributed by atoms with Crippen molar-refractivity contribution in [2.45, 2.75) is 0 Å². The van der Waals surface area contributed by atoms with Crippen molar-refractivity contribution in [2.24, 2.45) is 0 Å². The number of carboxylic acids is 1. The quantitative estimate of drug-likeness (QED) is 0.598. The van der Waals surface area contributed by atoms with Gasteiger partial charge < -0.3 is 9.67 Å². The molecule has 0 amide bonds. The first-order chi connectivity index (χ1) is 11.7. The Bertz CT molecular complexity index is 1140. The van der Waals surface area contributed by atoms with Gasteiger partial charge in [-0.05, 0) is 29.7 Å². The third kappa shape index (κ3) is 2.03. The Balaban J connectivity index is 2.16. The molecule has 4 aromatic rings. The summed E-state index contributed by atoms with van der Waals surface area (Å²) in [5.41, 5.74) is 2.17. The molecule has 0 radical (unpaired) electrons. The van der Waals surface area contributed by atoms with Gasteiger partial charge in [0.1, 0.15) is 5.69 Å². The summed E-state index contributed by atoms with van der Waals surface area (Å²) in [6, 6.07) is 22.6. The van der Waals surface area contributed by atoms with E-state index in [0.717, 1.165) is 21.8 Å². The highest BCUT2D eigenvalue weighted by Gasteiger charge is 2.17. The number of nitrogens with zero attached hydrogens (tertiary/aromatic N) is 2. The molecule has 4 heteroatoms. The van der Waals surface area contributed by atoms with Crippen LogP contribution in [-0.4, -0.2) is 15.6 Å². The fourth-order valence-corrected chi connectivity index (χ4v) is 3.09. The van der Waals surface area contributed by atoms with E-state index in [-0.39, 0.29) is 5.69 Å². The molecule has 24 heavy (non-hydrogen) atoms. The van der Waals surface area contributed by atoms with Crippen molar-refractivity contribution in [3.05, 3.63) is 78.0 Å². The Morgan fingerprint density at radius 2 is 1.75 bits per heavy atom. The van der Waals surface area contributed by atoms with E-state index in [9.17, 15) is 15.2 Å². The van der Waals surface area contributed by atoms with Crippen LogP contribution in [0.5, 0.6) is 0 Å². The number of benzene rings is 3. The van der Waals surface area contributed by atoms with Gasteiger partial charge in [-0.25, -0.2) is 4.79 Å². The summed E-state index contributed by atoms with van der Waals surface area (Å²) in [7, 11) is 0. The Hall–Kier alpha value is -3.58. The van der Waals surface area contributed by atoms with Gasteiger partial charge in [-0.2, -0.15) is 5.26 Å². The van der Waals surface area contributed by atoms with Crippen molar-refractivity contribution in [1.29, 1.82) is 5.26 Å². The maximum atomic E-state index is 11.8. The minimum absolute atomic E-state index is 0.177.